The van der Waals surface area contributed by atoms with Crippen LogP contribution in [0.15, 0.2) is 24.3 Å². The van der Waals surface area contributed by atoms with Gasteiger partial charge >= 0.3 is 0 Å². The molecule has 19 heavy (non-hydrogen) atoms. The van der Waals surface area contributed by atoms with Crippen LogP contribution in [0.1, 0.15) is 25.7 Å². The molecule has 0 heterocycles. The van der Waals surface area contributed by atoms with Crippen LogP contribution in [0.4, 0.5) is 4.39 Å². The maximum absolute atomic E-state index is 13.1. The summed E-state index contributed by atoms with van der Waals surface area (Å²) in [6, 6.07) is 6.68. The van der Waals surface area contributed by atoms with Gasteiger partial charge in [0.2, 0.25) is 0 Å². The summed E-state index contributed by atoms with van der Waals surface area (Å²) in [6.45, 7) is 0.470. The van der Waals surface area contributed by atoms with Crippen LogP contribution in [0.5, 0.6) is 5.75 Å². The largest absolute Gasteiger partial charge is 0.491 e. The molecule has 0 saturated heterocycles. The highest BCUT2D eigenvalue weighted by atomic mass is 19.1. The number of rotatable bonds is 7. The average Bonchev–Trinajstić information content (AvgIpc) is 3.27. The van der Waals surface area contributed by atoms with Gasteiger partial charge in [0.25, 0.3) is 0 Å². The Labute approximate surface area is 112 Å². The lowest BCUT2D eigenvalue weighted by Gasteiger charge is -2.33. The first-order valence-electron chi connectivity index (χ1n) is 6.99. The van der Waals surface area contributed by atoms with Crippen molar-refractivity contribution in [3.05, 3.63) is 30.1 Å². The van der Waals surface area contributed by atoms with Crippen LogP contribution < -0.4 is 10.1 Å². The van der Waals surface area contributed by atoms with Crippen molar-refractivity contribution in [1.29, 1.82) is 0 Å². The molecular formula is C15H20FNO2. The van der Waals surface area contributed by atoms with Gasteiger partial charge in [0.05, 0.1) is 12.1 Å². The SMILES string of the molecule is OCC(COc1cccc(F)c1)(NC1CC1)C1CC1. The first-order chi connectivity index (χ1) is 9.22. The Morgan fingerprint density at radius 3 is 2.68 bits per heavy atom. The van der Waals surface area contributed by atoms with E-state index in [9.17, 15) is 9.50 Å². The van der Waals surface area contributed by atoms with Crippen LogP contribution in [0, 0.1) is 11.7 Å². The maximum atomic E-state index is 13.1. The minimum Gasteiger partial charge on any atom is -0.491 e. The Morgan fingerprint density at radius 2 is 2.11 bits per heavy atom. The number of hydrogen-bond acceptors (Lipinski definition) is 3. The number of aliphatic hydroxyl groups is 1. The highest BCUT2D eigenvalue weighted by molar-refractivity contribution is 5.23. The van der Waals surface area contributed by atoms with Gasteiger partial charge in [-0.25, -0.2) is 4.39 Å². The first kappa shape index (κ1) is 12.9. The van der Waals surface area contributed by atoms with E-state index in [0.29, 0.717) is 24.3 Å². The minimum atomic E-state index is -0.354. The van der Waals surface area contributed by atoms with E-state index < -0.39 is 0 Å². The van der Waals surface area contributed by atoms with E-state index in [4.69, 9.17) is 4.74 Å². The van der Waals surface area contributed by atoms with Crippen molar-refractivity contribution < 1.29 is 14.2 Å². The van der Waals surface area contributed by atoms with Crippen LogP contribution in [0.25, 0.3) is 0 Å². The fourth-order valence-electron chi connectivity index (χ4n) is 2.54. The predicted molar refractivity (Wildman–Crippen MR) is 70.6 cm³/mol. The zero-order valence-electron chi connectivity index (χ0n) is 10.9. The van der Waals surface area contributed by atoms with E-state index in [1.165, 1.54) is 25.0 Å². The predicted octanol–water partition coefficient (Wildman–Crippen LogP) is 2.10. The van der Waals surface area contributed by atoms with Crippen LogP contribution in [-0.2, 0) is 0 Å². The molecule has 1 aromatic carbocycles. The third-order valence-corrected chi connectivity index (χ3v) is 4.00. The lowest BCUT2D eigenvalue weighted by Crippen LogP contribution is -2.56. The third kappa shape index (κ3) is 3.07. The molecule has 2 N–H and O–H groups in total. The molecule has 4 heteroatoms. The standard InChI is InChI=1S/C15H20FNO2/c16-12-2-1-3-14(8-12)19-10-15(9-18,11-4-5-11)17-13-6-7-13/h1-3,8,11,13,17-18H,4-7,9-10H2. The van der Waals surface area contributed by atoms with Gasteiger partial charge in [0.1, 0.15) is 18.2 Å². The second kappa shape index (κ2) is 5.10. The number of halogens is 1. The van der Waals surface area contributed by atoms with E-state index >= 15 is 0 Å². The van der Waals surface area contributed by atoms with Crippen molar-refractivity contribution in [1.82, 2.24) is 5.32 Å². The summed E-state index contributed by atoms with van der Waals surface area (Å²) in [5.74, 6) is 0.705. The molecule has 2 fully saturated rings. The Hall–Kier alpha value is -1.13. The number of ether oxygens (including phenoxy) is 1. The molecule has 0 bridgehead atoms. The molecule has 1 atom stereocenters. The summed E-state index contributed by atoms with van der Waals surface area (Å²) >= 11 is 0. The molecule has 1 aromatic rings. The quantitative estimate of drug-likeness (QED) is 0.793. The average molecular weight is 265 g/mol. The zero-order chi connectivity index (χ0) is 13.3. The molecule has 3 nitrogen and oxygen atoms in total. The molecule has 2 aliphatic rings. The van der Waals surface area contributed by atoms with E-state index in [1.807, 2.05) is 0 Å². The van der Waals surface area contributed by atoms with E-state index in [0.717, 1.165) is 12.8 Å². The lowest BCUT2D eigenvalue weighted by molar-refractivity contribution is 0.0830. The molecule has 2 saturated carbocycles. The van der Waals surface area contributed by atoms with Gasteiger partial charge in [0.15, 0.2) is 0 Å². The second-order valence-electron chi connectivity index (χ2n) is 5.75. The summed E-state index contributed by atoms with van der Waals surface area (Å²) in [4.78, 5) is 0. The third-order valence-electron chi connectivity index (χ3n) is 4.00. The van der Waals surface area contributed by atoms with Crippen molar-refractivity contribution >= 4 is 0 Å². The van der Waals surface area contributed by atoms with Crippen LogP contribution >= 0.6 is 0 Å². The highest BCUT2D eigenvalue weighted by Gasteiger charge is 2.48. The van der Waals surface area contributed by atoms with E-state index in [2.05, 4.69) is 5.32 Å². The van der Waals surface area contributed by atoms with Crippen LogP contribution in [-0.4, -0.2) is 29.9 Å². The molecule has 2 aliphatic carbocycles. The molecule has 0 amide bonds. The van der Waals surface area contributed by atoms with E-state index in [-0.39, 0.29) is 18.0 Å². The number of benzene rings is 1. The Bertz CT molecular complexity index is 446. The van der Waals surface area contributed by atoms with Gasteiger partial charge in [0, 0.05) is 12.1 Å². The number of aliphatic hydroxyl groups excluding tert-OH is 1. The summed E-state index contributed by atoms with van der Waals surface area (Å²) < 4.78 is 18.8. The van der Waals surface area contributed by atoms with Crippen molar-refractivity contribution in [2.45, 2.75) is 37.3 Å². The smallest absolute Gasteiger partial charge is 0.126 e. The maximum Gasteiger partial charge on any atom is 0.126 e. The molecule has 0 aromatic heterocycles. The lowest BCUT2D eigenvalue weighted by atomic mass is 9.95. The second-order valence-corrected chi connectivity index (χ2v) is 5.75. The molecule has 0 aliphatic heterocycles. The summed E-state index contributed by atoms with van der Waals surface area (Å²) in [5, 5.41) is 13.3. The van der Waals surface area contributed by atoms with Crippen molar-refractivity contribution in [3.8, 4) is 5.75 Å². The van der Waals surface area contributed by atoms with Crippen molar-refractivity contribution in [3.63, 3.8) is 0 Å². The fraction of sp³-hybridized carbons (Fsp3) is 0.600. The molecule has 104 valence electrons. The highest BCUT2D eigenvalue weighted by Crippen LogP contribution is 2.41. The monoisotopic (exact) mass is 265 g/mol. The van der Waals surface area contributed by atoms with Crippen LogP contribution in [0.3, 0.4) is 0 Å². The van der Waals surface area contributed by atoms with Crippen molar-refractivity contribution in [2.24, 2.45) is 5.92 Å². The van der Waals surface area contributed by atoms with Gasteiger partial charge in [-0.2, -0.15) is 0 Å². The molecule has 0 radical (unpaired) electrons. The molecule has 0 spiro atoms. The van der Waals surface area contributed by atoms with Crippen LogP contribution in [0.2, 0.25) is 0 Å². The Morgan fingerprint density at radius 1 is 1.32 bits per heavy atom. The summed E-state index contributed by atoms with van der Waals surface area (Å²) in [6.07, 6.45) is 4.61. The molecular weight excluding hydrogens is 245 g/mol. The number of nitrogens with one attached hydrogen (secondary N) is 1. The van der Waals surface area contributed by atoms with E-state index in [1.54, 1.807) is 12.1 Å². The topological polar surface area (TPSA) is 41.5 Å². The zero-order valence-corrected chi connectivity index (χ0v) is 10.9. The fourth-order valence-corrected chi connectivity index (χ4v) is 2.54. The first-order valence-corrected chi connectivity index (χ1v) is 6.99. The van der Waals surface area contributed by atoms with Gasteiger partial charge in [-0.3, -0.25) is 0 Å². The Balaban J connectivity index is 1.66. The summed E-state index contributed by atoms with van der Waals surface area (Å²) in [7, 11) is 0. The number of hydrogen-bond donors (Lipinski definition) is 2. The van der Waals surface area contributed by atoms with Gasteiger partial charge in [-0.1, -0.05) is 6.07 Å². The minimum absolute atomic E-state index is 0.0729. The Kier molecular flexibility index (Phi) is 3.46. The molecule has 1 unspecified atom stereocenters. The molecule has 3 rings (SSSR count). The van der Waals surface area contributed by atoms with Gasteiger partial charge in [-0.05, 0) is 43.7 Å². The van der Waals surface area contributed by atoms with Gasteiger partial charge in [-0.15, -0.1) is 0 Å². The van der Waals surface area contributed by atoms with Gasteiger partial charge < -0.3 is 15.2 Å². The normalized spacial score (nSPS) is 22.0. The summed E-state index contributed by atoms with van der Waals surface area (Å²) in [5.41, 5.74) is -0.354. The van der Waals surface area contributed by atoms with Crippen molar-refractivity contribution in [2.75, 3.05) is 13.2 Å².